The van der Waals surface area contributed by atoms with Crippen LogP contribution in [0.5, 0.6) is 5.75 Å². The molecule has 0 amide bonds. The third kappa shape index (κ3) is 5.56. The summed E-state index contributed by atoms with van der Waals surface area (Å²) in [6.45, 7) is 0.648. The number of methoxy groups -OCH3 is 1. The minimum atomic E-state index is -0.457. The first-order valence-electron chi connectivity index (χ1n) is 7.84. The molecule has 0 heterocycles. The van der Waals surface area contributed by atoms with E-state index in [0.29, 0.717) is 17.3 Å². The van der Waals surface area contributed by atoms with Gasteiger partial charge < -0.3 is 20.3 Å². The van der Waals surface area contributed by atoms with E-state index in [4.69, 9.17) is 28.6 Å². The van der Waals surface area contributed by atoms with Crippen molar-refractivity contribution in [1.29, 1.82) is 0 Å². The molecule has 0 unspecified atom stereocenters. The number of nitrogens with one attached hydrogen (secondary N) is 3. The summed E-state index contributed by atoms with van der Waals surface area (Å²) in [5.74, 6) is 0.372. The lowest BCUT2D eigenvalue weighted by Gasteiger charge is -2.23. The molecule has 2 rings (SSSR count). The Hall–Kier alpha value is -1.89. The summed E-state index contributed by atoms with van der Waals surface area (Å²) in [6, 6.07) is 12.6. The van der Waals surface area contributed by atoms with Crippen molar-refractivity contribution in [1.82, 2.24) is 5.32 Å². The third-order valence-electron chi connectivity index (χ3n) is 3.86. The predicted octanol–water partition coefficient (Wildman–Crippen LogP) is 2.66. The van der Waals surface area contributed by atoms with Gasteiger partial charge in [0.1, 0.15) is 17.6 Å². The fraction of sp³-hybridized carbons (Fsp3) is 0.278. The van der Waals surface area contributed by atoms with Gasteiger partial charge in [-0.3, -0.25) is 0 Å². The summed E-state index contributed by atoms with van der Waals surface area (Å²) in [4.78, 5) is 1.27. The maximum Gasteiger partial charge on any atom is 0.171 e. The van der Waals surface area contributed by atoms with Gasteiger partial charge in [-0.25, -0.2) is 4.39 Å². The summed E-state index contributed by atoms with van der Waals surface area (Å²) >= 11 is 11.1. The number of halogens is 2. The first kappa shape index (κ1) is 19.4. The SMILES string of the molecule is COc1ccc([C@@H](CNC(=S)Nc2ccc(F)c(Cl)c2)[NH+](C)C)cc1. The Labute approximate surface area is 157 Å². The average Bonchev–Trinajstić information content (AvgIpc) is 2.58. The van der Waals surface area contributed by atoms with Crippen molar-refractivity contribution < 1.29 is 14.0 Å². The zero-order valence-corrected chi connectivity index (χ0v) is 16.0. The van der Waals surface area contributed by atoms with E-state index in [1.165, 1.54) is 22.6 Å². The Morgan fingerprint density at radius 2 is 1.92 bits per heavy atom. The first-order valence-corrected chi connectivity index (χ1v) is 8.63. The third-order valence-corrected chi connectivity index (χ3v) is 4.40. The van der Waals surface area contributed by atoms with Crippen LogP contribution in [0.2, 0.25) is 5.02 Å². The molecule has 0 spiro atoms. The van der Waals surface area contributed by atoms with E-state index in [2.05, 4.69) is 36.9 Å². The maximum absolute atomic E-state index is 13.2. The molecule has 25 heavy (non-hydrogen) atoms. The highest BCUT2D eigenvalue weighted by Crippen LogP contribution is 2.19. The van der Waals surface area contributed by atoms with Crippen LogP contribution in [0.15, 0.2) is 42.5 Å². The molecule has 0 aliphatic rings. The Bertz CT molecular complexity index is 725. The van der Waals surface area contributed by atoms with Crippen LogP contribution in [-0.4, -0.2) is 32.9 Å². The zero-order chi connectivity index (χ0) is 18.4. The highest BCUT2D eigenvalue weighted by Gasteiger charge is 2.18. The van der Waals surface area contributed by atoms with Crippen molar-refractivity contribution in [3.8, 4) is 5.75 Å². The summed E-state index contributed by atoms with van der Waals surface area (Å²) in [5, 5.41) is 6.74. The second kappa shape index (κ2) is 8.99. The number of ether oxygens (including phenoxy) is 1. The topological polar surface area (TPSA) is 37.7 Å². The smallest absolute Gasteiger partial charge is 0.171 e. The molecule has 4 nitrogen and oxygen atoms in total. The number of anilines is 1. The molecular formula is C18H22ClFN3OS+. The van der Waals surface area contributed by atoms with E-state index in [1.807, 2.05) is 12.1 Å². The van der Waals surface area contributed by atoms with Crippen molar-refractivity contribution >= 4 is 34.6 Å². The van der Waals surface area contributed by atoms with Gasteiger partial charge in [-0.2, -0.15) is 0 Å². The number of hydrogen-bond acceptors (Lipinski definition) is 2. The van der Waals surface area contributed by atoms with Crippen LogP contribution < -0.4 is 20.3 Å². The minimum Gasteiger partial charge on any atom is -0.497 e. The van der Waals surface area contributed by atoms with Crippen molar-refractivity contribution in [3.63, 3.8) is 0 Å². The van der Waals surface area contributed by atoms with E-state index < -0.39 is 5.82 Å². The monoisotopic (exact) mass is 382 g/mol. The standard InChI is InChI=1S/C18H21ClFN3OS/c1-23(2)17(12-4-7-14(24-3)8-5-12)11-21-18(25)22-13-6-9-16(20)15(19)10-13/h4-10,17H,11H2,1-3H3,(H2,21,22,25)/p+1/t17-/m1/s1. The molecule has 0 aliphatic heterocycles. The average molecular weight is 383 g/mol. The van der Waals surface area contributed by atoms with E-state index in [0.717, 1.165) is 5.75 Å². The summed E-state index contributed by atoms with van der Waals surface area (Å²) in [6.07, 6.45) is 0. The normalized spacial score (nSPS) is 11.9. The molecule has 1 atom stereocenters. The van der Waals surface area contributed by atoms with Crippen LogP contribution in [0.4, 0.5) is 10.1 Å². The fourth-order valence-electron chi connectivity index (χ4n) is 2.44. The molecular weight excluding hydrogens is 361 g/mol. The highest BCUT2D eigenvalue weighted by atomic mass is 35.5. The number of likely N-dealkylation sites (N-methyl/N-ethyl adjacent to an activating group) is 1. The molecule has 2 aromatic rings. The molecule has 0 aliphatic carbocycles. The van der Waals surface area contributed by atoms with E-state index in [9.17, 15) is 4.39 Å². The second-order valence-electron chi connectivity index (χ2n) is 5.87. The lowest BCUT2D eigenvalue weighted by Crippen LogP contribution is -3.07. The summed E-state index contributed by atoms with van der Waals surface area (Å²) < 4.78 is 18.4. The van der Waals surface area contributed by atoms with Crippen LogP contribution >= 0.6 is 23.8 Å². The summed E-state index contributed by atoms with van der Waals surface area (Å²) in [5.41, 5.74) is 1.82. The van der Waals surface area contributed by atoms with E-state index in [1.54, 1.807) is 13.2 Å². The van der Waals surface area contributed by atoms with Crippen LogP contribution in [0.25, 0.3) is 0 Å². The zero-order valence-electron chi connectivity index (χ0n) is 14.4. The lowest BCUT2D eigenvalue weighted by atomic mass is 10.1. The van der Waals surface area contributed by atoms with Crippen molar-refractivity contribution in [3.05, 3.63) is 58.9 Å². The van der Waals surface area contributed by atoms with Gasteiger partial charge in [-0.05, 0) is 54.7 Å². The number of hydrogen-bond donors (Lipinski definition) is 3. The predicted molar refractivity (Wildman–Crippen MR) is 104 cm³/mol. The molecule has 0 bridgehead atoms. The molecule has 0 saturated heterocycles. The van der Waals surface area contributed by atoms with Gasteiger partial charge in [0.15, 0.2) is 5.11 Å². The van der Waals surface area contributed by atoms with Crippen LogP contribution in [0, 0.1) is 5.82 Å². The highest BCUT2D eigenvalue weighted by molar-refractivity contribution is 7.80. The Morgan fingerprint density at radius 1 is 1.24 bits per heavy atom. The van der Waals surface area contributed by atoms with E-state index in [-0.39, 0.29) is 11.1 Å². The molecule has 7 heteroatoms. The molecule has 0 fully saturated rings. The van der Waals surface area contributed by atoms with Crippen LogP contribution in [0.1, 0.15) is 11.6 Å². The number of quaternary nitrogens is 1. The van der Waals surface area contributed by atoms with Gasteiger partial charge in [0, 0.05) is 11.3 Å². The quantitative estimate of drug-likeness (QED) is 0.671. The summed E-state index contributed by atoms with van der Waals surface area (Å²) in [7, 11) is 5.83. The van der Waals surface area contributed by atoms with Gasteiger partial charge in [0.25, 0.3) is 0 Å². The van der Waals surface area contributed by atoms with Crippen molar-refractivity contribution in [2.24, 2.45) is 0 Å². The van der Waals surface area contributed by atoms with Gasteiger partial charge in [0.2, 0.25) is 0 Å². The number of benzene rings is 2. The van der Waals surface area contributed by atoms with Crippen LogP contribution in [-0.2, 0) is 0 Å². The minimum absolute atomic E-state index is 0.0571. The molecule has 134 valence electrons. The van der Waals surface area contributed by atoms with E-state index >= 15 is 0 Å². The van der Waals surface area contributed by atoms with Crippen LogP contribution in [0.3, 0.4) is 0 Å². The molecule has 2 aromatic carbocycles. The lowest BCUT2D eigenvalue weighted by molar-refractivity contribution is -0.890. The van der Waals surface area contributed by atoms with Gasteiger partial charge in [-0.1, -0.05) is 11.6 Å². The first-order chi connectivity index (χ1) is 11.9. The Kier molecular flexibility index (Phi) is 6.99. The number of thiocarbonyl (C=S) groups is 1. The van der Waals surface area contributed by atoms with Crippen molar-refractivity contribution in [2.75, 3.05) is 33.1 Å². The molecule has 3 N–H and O–H groups in total. The molecule has 0 aromatic heterocycles. The number of rotatable bonds is 6. The van der Waals surface area contributed by atoms with Gasteiger partial charge >= 0.3 is 0 Å². The second-order valence-corrected chi connectivity index (χ2v) is 6.68. The maximum atomic E-state index is 13.2. The van der Waals surface area contributed by atoms with Gasteiger partial charge in [-0.15, -0.1) is 0 Å². The largest absolute Gasteiger partial charge is 0.497 e. The van der Waals surface area contributed by atoms with Gasteiger partial charge in [0.05, 0.1) is 32.8 Å². The molecule has 0 radical (unpaired) electrons. The molecule has 0 saturated carbocycles. The fourth-order valence-corrected chi connectivity index (χ4v) is 2.82. The van der Waals surface area contributed by atoms with Crippen molar-refractivity contribution in [2.45, 2.75) is 6.04 Å². The Balaban J connectivity index is 1.97. The Morgan fingerprint density at radius 3 is 2.48 bits per heavy atom.